The number of carbonyl (C=O) groups is 2. The van der Waals surface area contributed by atoms with Gasteiger partial charge in [0.2, 0.25) is 5.91 Å². The van der Waals surface area contributed by atoms with Crippen molar-refractivity contribution in [3.63, 3.8) is 0 Å². The minimum atomic E-state index is -4.58. The molecule has 0 aliphatic rings. The van der Waals surface area contributed by atoms with E-state index >= 15 is 0 Å². The van der Waals surface area contributed by atoms with E-state index in [-0.39, 0.29) is 40.3 Å². The number of aromatic nitrogens is 2. The summed E-state index contributed by atoms with van der Waals surface area (Å²) in [5, 5.41) is 12.8. The second-order valence-corrected chi connectivity index (χ2v) is 7.28. The van der Waals surface area contributed by atoms with Gasteiger partial charge in [0.15, 0.2) is 0 Å². The summed E-state index contributed by atoms with van der Waals surface area (Å²) < 4.78 is 44.6. The number of anilines is 1. The molecule has 0 fully saturated rings. The summed E-state index contributed by atoms with van der Waals surface area (Å²) in [5.41, 5.74) is -1.99. The van der Waals surface area contributed by atoms with Crippen LogP contribution in [0.15, 0.2) is 34.4 Å². The minimum Gasteiger partial charge on any atom is -0.478 e. The Morgan fingerprint density at radius 3 is 2.71 bits per heavy atom. The molecular formula is C19H16F3N3O5S. The van der Waals surface area contributed by atoms with Gasteiger partial charge in [-0.05, 0) is 18.2 Å². The first-order valence-electron chi connectivity index (χ1n) is 8.82. The molecule has 164 valence electrons. The molecule has 31 heavy (non-hydrogen) atoms. The molecule has 0 spiro atoms. The van der Waals surface area contributed by atoms with Crippen molar-refractivity contribution in [1.29, 1.82) is 0 Å². The van der Waals surface area contributed by atoms with Crippen LogP contribution in [0.5, 0.6) is 0 Å². The Morgan fingerprint density at radius 1 is 1.32 bits per heavy atom. The molecule has 0 atom stereocenters. The lowest BCUT2D eigenvalue weighted by atomic mass is 10.2. The van der Waals surface area contributed by atoms with E-state index in [1.54, 1.807) is 0 Å². The highest BCUT2D eigenvalue weighted by molar-refractivity contribution is 7.17. The highest BCUT2D eigenvalue weighted by Crippen LogP contribution is 2.30. The zero-order valence-corrected chi connectivity index (χ0v) is 16.8. The molecule has 0 unspecified atom stereocenters. The van der Waals surface area contributed by atoms with Crippen LogP contribution in [0.3, 0.4) is 0 Å². The van der Waals surface area contributed by atoms with E-state index in [0.29, 0.717) is 0 Å². The number of halogens is 3. The highest BCUT2D eigenvalue weighted by Gasteiger charge is 2.30. The number of fused-ring (bicyclic) bond motifs is 1. The second kappa shape index (κ2) is 8.86. The topological polar surface area (TPSA) is 111 Å². The molecule has 0 radical (unpaired) electrons. The van der Waals surface area contributed by atoms with Gasteiger partial charge in [-0.2, -0.15) is 13.2 Å². The first-order valence-corrected chi connectivity index (χ1v) is 9.70. The summed E-state index contributed by atoms with van der Waals surface area (Å²) in [6.45, 7) is -0.379. The number of methoxy groups -OCH3 is 1. The van der Waals surface area contributed by atoms with E-state index < -0.39 is 35.7 Å². The molecule has 1 aromatic carbocycles. The number of carboxylic acids is 1. The van der Waals surface area contributed by atoms with Gasteiger partial charge in [0.25, 0.3) is 5.56 Å². The lowest BCUT2D eigenvalue weighted by Crippen LogP contribution is -2.32. The molecular weight excluding hydrogens is 439 g/mol. The molecule has 0 saturated carbocycles. The first-order chi connectivity index (χ1) is 14.6. The highest BCUT2D eigenvalue weighted by atomic mass is 32.1. The molecule has 3 aromatic rings. The van der Waals surface area contributed by atoms with Crippen LogP contribution in [-0.2, 0) is 28.7 Å². The molecule has 0 bridgehead atoms. The van der Waals surface area contributed by atoms with E-state index in [1.165, 1.54) is 18.6 Å². The first kappa shape index (κ1) is 22.4. The third-order valence-corrected chi connectivity index (χ3v) is 5.18. The van der Waals surface area contributed by atoms with Crippen molar-refractivity contribution >= 4 is 39.1 Å². The van der Waals surface area contributed by atoms with Crippen LogP contribution in [0.4, 0.5) is 18.9 Å². The van der Waals surface area contributed by atoms with Gasteiger partial charge in [-0.1, -0.05) is 6.07 Å². The van der Waals surface area contributed by atoms with Crippen molar-refractivity contribution in [2.45, 2.75) is 19.1 Å². The summed E-state index contributed by atoms with van der Waals surface area (Å²) in [4.78, 5) is 41.4. The largest absolute Gasteiger partial charge is 0.478 e. The van der Waals surface area contributed by atoms with Gasteiger partial charge in [-0.3, -0.25) is 14.2 Å². The average Bonchev–Trinajstić information content (AvgIpc) is 3.13. The Morgan fingerprint density at radius 2 is 2.06 bits per heavy atom. The molecule has 0 saturated heterocycles. The quantitative estimate of drug-likeness (QED) is 0.567. The van der Waals surface area contributed by atoms with Crippen LogP contribution in [0, 0.1) is 0 Å². The van der Waals surface area contributed by atoms with E-state index in [9.17, 15) is 32.7 Å². The molecule has 2 aromatic heterocycles. The van der Waals surface area contributed by atoms with Crippen molar-refractivity contribution in [2.75, 3.05) is 19.0 Å². The Labute approximate surface area is 176 Å². The van der Waals surface area contributed by atoms with Crippen LogP contribution in [0.2, 0.25) is 0 Å². The number of thiophene rings is 1. The fraction of sp³-hybridized carbons (Fsp3) is 0.263. The van der Waals surface area contributed by atoms with Gasteiger partial charge < -0.3 is 15.2 Å². The molecule has 0 aliphatic heterocycles. The number of amides is 1. The molecule has 8 nitrogen and oxygen atoms in total. The fourth-order valence-corrected chi connectivity index (χ4v) is 3.81. The maximum Gasteiger partial charge on any atom is 0.416 e. The Hall–Kier alpha value is -3.25. The molecule has 1 amide bonds. The number of rotatable bonds is 7. The summed E-state index contributed by atoms with van der Waals surface area (Å²) in [6.07, 6.45) is -4.41. The molecule has 2 N–H and O–H groups in total. The van der Waals surface area contributed by atoms with Crippen LogP contribution in [0.25, 0.3) is 10.2 Å². The number of alkyl halides is 3. The predicted molar refractivity (Wildman–Crippen MR) is 106 cm³/mol. The number of ether oxygens (including phenoxy) is 1. The van der Waals surface area contributed by atoms with Crippen molar-refractivity contribution in [2.24, 2.45) is 0 Å². The van der Waals surface area contributed by atoms with Crippen molar-refractivity contribution < 1.29 is 32.6 Å². The van der Waals surface area contributed by atoms with Crippen molar-refractivity contribution in [3.05, 3.63) is 57.0 Å². The third-order valence-electron chi connectivity index (χ3n) is 4.31. The summed E-state index contributed by atoms with van der Waals surface area (Å²) in [6, 6.07) is 4.07. The maximum absolute atomic E-state index is 13.0. The second-order valence-electron chi connectivity index (χ2n) is 6.42. The number of carboxylic acid groups (broad SMARTS) is 1. The Balaban J connectivity index is 1.96. The van der Waals surface area contributed by atoms with Gasteiger partial charge in [0, 0.05) is 24.6 Å². The average molecular weight is 455 g/mol. The monoisotopic (exact) mass is 455 g/mol. The lowest BCUT2D eigenvalue weighted by Gasteiger charge is -2.13. The Kier molecular flexibility index (Phi) is 6.41. The number of hydrogen-bond donors (Lipinski definition) is 2. The number of aromatic carboxylic acids is 1. The smallest absolute Gasteiger partial charge is 0.416 e. The number of carbonyl (C=O) groups excluding carboxylic acids is 1. The zero-order chi connectivity index (χ0) is 22.8. The van der Waals surface area contributed by atoms with E-state index in [1.807, 2.05) is 0 Å². The minimum absolute atomic E-state index is 0.0953. The standard InChI is InChI=1S/C19H16F3N3O5S/c1-30-6-5-13-24-16-15(12(9-31-16)18(28)29)17(27)25(13)8-14(26)23-11-4-2-3-10(7-11)19(20,21)22/h2-4,7,9H,5-6,8H2,1H3,(H,23,26)(H,28,29). The summed E-state index contributed by atoms with van der Waals surface area (Å²) >= 11 is 0.985. The molecule has 2 heterocycles. The third kappa shape index (κ3) is 4.91. The maximum atomic E-state index is 13.0. The normalized spacial score (nSPS) is 11.6. The zero-order valence-electron chi connectivity index (χ0n) is 16.0. The predicted octanol–water partition coefficient (Wildman–Crippen LogP) is 3.00. The van der Waals surface area contributed by atoms with E-state index in [0.717, 1.165) is 34.1 Å². The van der Waals surface area contributed by atoms with Crippen LogP contribution in [0.1, 0.15) is 21.7 Å². The number of nitrogens with zero attached hydrogens (tertiary/aromatic N) is 2. The summed E-state index contributed by atoms with van der Waals surface area (Å²) in [5.74, 6) is -1.89. The van der Waals surface area contributed by atoms with Gasteiger partial charge in [0.05, 0.1) is 23.1 Å². The van der Waals surface area contributed by atoms with Gasteiger partial charge in [-0.15, -0.1) is 11.3 Å². The van der Waals surface area contributed by atoms with E-state index in [4.69, 9.17) is 4.74 Å². The van der Waals surface area contributed by atoms with E-state index in [2.05, 4.69) is 10.3 Å². The number of benzene rings is 1. The SMILES string of the molecule is COCCc1nc2scc(C(=O)O)c2c(=O)n1CC(=O)Nc1cccc(C(F)(F)F)c1. The van der Waals surface area contributed by atoms with Gasteiger partial charge in [0.1, 0.15) is 17.2 Å². The molecule has 0 aliphatic carbocycles. The van der Waals surface area contributed by atoms with Crippen LogP contribution >= 0.6 is 11.3 Å². The van der Waals surface area contributed by atoms with Crippen LogP contribution in [-0.4, -0.2) is 40.3 Å². The van der Waals surface area contributed by atoms with Crippen molar-refractivity contribution in [1.82, 2.24) is 9.55 Å². The van der Waals surface area contributed by atoms with Crippen molar-refractivity contribution in [3.8, 4) is 0 Å². The molecule has 12 heteroatoms. The number of nitrogens with one attached hydrogen (secondary N) is 1. The number of hydrogen-bond acceptors (Lipinski definition) is 6. The van der Waals surface area contributed by atoms with Gasteiger partial charge >= 0.3 is 12.1 Å². The van der Waals surface area contributed by atoms with Crippen LogP contribution < -0.4 is 10.9 Å². The fourth-order valence-electron chi connectivity index (χ4n) is 2.89. The van der Waals surface area contributed by atoms with Gasteiger partial charge in [-0.25, -0.2) is 9.78 Å². The lowest BCUT2D eigenvalue weighted by molar-refractivity contribution is -0.137. The molecule has 3 rings (SSSR count). The Bertz CT molecular complexity index is 1200. The summed E-state index contributed by atoms with van der Waals surface area (Å²) in [7, 11) is 1.44.